The van der Waals surface area contributed by atoms with Gasteiger partial charge in [0, 0.05) is 28.6 Å². The summed E-state index contributed by atoms with van der Waals surface area (Å²) in [4.78, 5) is 10.2. The highest BCUT2D eigenvalue weighted by Gasteiger charge is 2.15. The number of aromatic nitrogens is 4. The standard InChI is InChI=1S/C23H22N6OS/c1-29(2)11-12-30-16-8-6-15(7-9-16)26-23-21-18(10-13-31-21)17-4-3-5-19(20(17)27-23)22-24-14-25-28-22/h3-10,13-14H,11-12H2,1-2H3,(H,26,27)(H,24,25,28). The molecule has 0 amide bonds. The van der Waals surface area contributed by atoms with Gasteiger partial charge in [0.15, 0.2) is 5.82 Å². The zero-order valence-electron chi connectivity index (χ0n) is 17.3. The molecule has 0 saturated heterocycles. The van der Waals surface area contributed by atoms with E-state index >= 15 is 0 Å². The molecular formula is C23H22N6OS. The van der Waals surface area contributed by atoms with Gasteiger partial charge in [-0.05, 0) is 55.9 Å². The molecule has 5 rings (SSSR count). The fraction of sp³-hybridized carbons (Fsp3) is 0.174. The first kappa shape index (κ1) is 19.5. The number of fused-ring (bicyclic) bond motifs is 3. The summed E-state index contributed by atoms with van der Waals surface area (Å²) in [6, 6.07) is 16.3. The molecule has 156 valence electrons. The Morgan fingerprint density at radius 2 is 1.94 bits per heavy atom. The number of likely N-dealkylation sites (N-methyl/N-ethyl adjacent to an activating group) is 1. The van der Waals surface area contributed by atoms with Gasteiger partial charge in [-0.15, -0.1) is 21.5 Å². The number of H-pyrrole nitrogens is 1. The smallest absolute Gasteiger partial charge is 0.163 e. The van der Waals surface area contributed by atoms with Crippen molar-refractivity contribution >= 4 is 43.8 Å². The van der Waals surface area contributed by atoms with Crippen molar-refractivity contribution in [3.63, 3.8) is 0 Å². The van der Waals surface area contributed by atoms with E-state index in [0.717, 1.165) is 45.0 Å². The SMILES string of the molecule is CN(C)CCOc1ccc(Nc2nc3c(-c4nnc[nH]4)cccc3c3ccsc23)cc1. The second kappa shape index (κ2) is 8.33. The molecule has 0 fully saturated rings. The minimum Gasteiger partial charge on any atom is -0.492 e. The fourth-order valence-corrected chi connectivity index (χ4v) is 4.33. The normalized spacial score (nSPS) is 11.5. The summed E-state index contributed by atoms with van der Waals surface area (Å²) in [6.07, 6.45) is 1.58. The van der Waals surface area contributed by atoms with Gasteiger partial charge in [0.2, 0.25) is 0 Å². The lowest BCUT2D eigenvalue weighted by molar-refractivity contribution is 0.261. The van der Waals surface area contributed by atoms with E-state index in [1.54, 1.807) is 17.7 Å². The van der Waals surface area contributed by atoms with E-state index in [-0.39, 0.29) is 0 Å². The second-order valence-corrected chi connectivity index (χ2v) is 8.38. The van der Waals surface area contributed by atoms with Crippen LogP contribution in [0.2, 0.25) is 0 Å². The van der Waals surface area contributed by atoms with Gasteiger partial charge in [-0.1, -0.05) is 12.1 Å². The Morgan fingerprint density at radius 3 is 2.71 bits per heavy atom. The third kappa shape index (κ3) is 3.95. The van der Waals surface area contributed by atoms with E-state index < -0.39 is 0 Å². The predicted octanol–water partition coefficient (Wildman–Crippen LogP) is 4.92. The first-order valence-electron chi connectivity index (χ1n) is 10.00. The molecule has 0 aliphatic rings. The monoisotopic (exact) mass is 430 g/mol. The average Bonchev–Trinajstić information content (AvgIpc) is 3.47. The van der Waals surface area contributed by atoms with Crippen molar-refractivity contribution in [2.75, 3.05) is 32.6 Å². The highest BCUT2D eigenvalue weighted by molar-refractivity contribution is 7.18. The Morgan fingerprint density at radius 1 is 1.06 bits per heavy atom. The van der Waals surface area contributed by atoms with Crippen molar-refractivity contribution in [3.05, 3.63) is 60.2 Å². The molecule has 31 heavy (non-hydrogen) atoms. The van der Waals surface area contributed by atoms with Crippen molar-refractivity contribution in [1.29, 1.82) is 0 Å². The third-order valence-electron chi connectivity index (χ3n) is 5.03. The van der Waals surface area contributed by atoms with Crippen LogP contribution in [0.4, 0.5) is 11.5 Å². The van der Waals surface area contributed by atoms with Crippen molar-refractivity contribution < 1.29 is 4.74 Å². The van der Waals surface area contributed by atoms with E-state index in [9.17, 15) is 0 Å². The average molecular weight is 431 g/mol. The second-order valence-electron chi connectivity index (χ2n) is 7.46. The number of hydrogen-bond donors (Lipinski definition) is 2. The maximum Gasteiger partial charge on any atom is 0.163 e. The largest absolute Gasteiger partial charge is 0.492 e. The number of nitrogens with zero attached hydrogens (tertiary/aromatic N) is 4. The molecule has 0 unspecified atom stereocenters. The molecular weight excluding hydrogens is 408 g/mol. The number of nitrogens with one attached hydrogen (secondary N) is 2. The Hall–Kier alpha value is -3.49. The topological polar surface area (TPSA) is 79.0 Å². The van der Waals surface area contributed by atoms with Crippen molar-refractivity contribution in [2.24, 2.45) is 0 Å². The number of hydrogen-bond acceptors (Lipinski definition) is 7. The van der Waals surface area contributed by atoms with Crippen LogP contribution in [-0.4, -0.2) is 52.3 Å². The molecule has 3 aromatic heterocycles. The van der Waals surface area contributed by atoms with Crippen LogP contribution in [0.3, 0.4) is 0 Å². The number of aromatic amines is 1. The number of rotatable bonds is 7. The molecule has 0 radical (unpaired) electrons. The van der Waals surface area contributed by atoms with Crippen LogP contribution in [0.1, 0.15) is 0 Å². The molecule has 7 nitrogen and oxygen atoms in total. The quantitative estimate of drug-likeness (QED) is 0.382. The first-order chi connectivity index (χ1) is 15.2. The molecule has 0 aliphatic heterocycles. The highest BCUT2D eigenvalue weighted by atomic mass is 32.1. The Bertz CT molecular complexity index is 1310. The predicted molar refractivity (Wildman–Crippen MR) is 126 cm³/mol. The van der Waals surface area contributed by atoms with Crippen molar-refractivity contribution in [3.8, 4) is 17.1 Å². The number of ether oxygens (including phenoxy) is 1. The molecule has 8 heteroatoms. The summed E-state index contributed by atoms with van der Waals surface area (Å²) in [7, 11) is 4.07. The lowest BCUT2D eigenvalue weighted by atomic mass is 10.1. The fourth-order valence-electron chi connectivity index (χ4n) is 3.48. The first-order valence-corrected chi connectivity index (χ1v) is 10.9. The zero-order valence-corrected chi connectivity index (χ0v) is 18.1. The van der Waals surface area contributed by atoms with Gasteiger partial charge in [-0.25, -0.2) is 4.98 Å². The molecule has 0 bridgehead atoms. The van der Waals surface area contributed by atoms with Gasteiger partial charge in [0.05, 0.1) is 10.2 Å². The molecule has 3 heterocycles. The van der Waals surface area contributed by atoms with Crippen LogP contribution in [0.15, 0.2) is 60.2 Å². The maximum atomic E-state index is 5.80. The molecule has 0 spiro atoms. The van der Waals surface area contributed by atoms with Gasteiger partial charge in [0.1, 0.15) is 24.5 Å². The summed E-state index contributed by atoms with van der Waals surface area (Å²) in [6.45, 7) is 1.54. The Balaban J connectivity index is 1.49. The van der Waals surface area contributed by atoms with Gasteiger partial charge in [0.25, 0.3) is 0 Å². The van der Waals surface area contributed by atoms with E-state index in [0.29, 0.717) is 12.4 Å². The van der Waals surface area contributed by atoms with Crippen LogP contribution in [0, 0.1) is 0 Å². The van der Waals surface area contributed by atoms with Gasteiger partial charge in [-0.2, -0.15) is 0 Å². The number of anilines is 2. The van der Waals surface area contributed by atoms with Crippen LogP contribution >= 0.6 is 11.3 Å². The van der Waals surface area contributed by atoms with E-state index in [2.05, 4.69) is 42.9 Å². The number of para-hydroxylation sites is 1. The third-order valence-corrected chi connectivity index (χ3v) is 5.95. The van der Waals surface area contributed by atoms with Crippen LogP contribution in [0.5, 0.6) is 5.75 Å². The Kier molecular flexibility index (Phi) is 5.23. The molecule has 2 aromatic carbocycles. The zero-order chi connectivity index (χ0) is 21.2. The minimum absolute atomic E-state index is 0.659. The van der Waals surface area contributed by atoms with Gasteiger partial charge < -0.3 is 19.9 Å². The van der Waals surface area contributed by atoms with E-state index in [1.807, 2.05) is 50.5 Å². The lowest BCUT2D eigenvalue weighted by Gasteiger charge is -2.13. The Labute approximate surface area is 183 Å². The number of thiophene rings is 1. The van der Waals surface area contributed by atoms with E-state index in [4.69, 9.17) is 9.72 Å². The summed E-state index contributed by atoms with van der Waals surface area (Å²) >= 11 is 1.68. The summed E-state index contributed by atoms with van der Waals surface area (Å²) in [5.74, 6) is 2.39. The van der Waals surface area contributed by atoms with Crippen molar-refractivity contribution in [2.45, 2.75) is 0 Å². The number of pyridine rings is 1. The molecule has 2 N–H and O–H groups in total. The van der Waals surface area contributed by atoms with Gasteiger partial charge >= 0.3 is 0 Å². The molecule has 0 aliphatic carbocycles. The molecule has 0 atom stereocenters. The maximum absolute atomic E-state index is 5.80. The van der Waals surface area contributed by atoms with Gasteiger partial charge in [-0.3, -0.25) is 0 Å². The molecule has 5 aromatic rings. The van der Waals surface area contributed by atoms with Crippen LogP contribution in [-0.2, 0) is 0 Å². The summed E-state index contributed by atoms with van der Waals surface area (Å²) in [5.41, 5.74) is 2.77. The number of benzene rings is 2. The van der Waals surface area contributed by atoms with E-state index in [1.165, 1.54) is 5.39 Å². The summed E-state index contributed by atoms with van der Waals surface area (Å²) in [5, 5.41) is 16.0. The lowest BCUT2D eigenvalue weighted by Crippen LogP contribution is -2.19. The van der Waals surface area contributed by atoms with Crippen molar-refractivity contribution in [1.82, 2.24) is 25.1 Å². The van der Waals surface area contributed by atoms with Crippen LogP contribution < -0.4 is 10.1 Å². The summed E-state index contributed by atoms with van der Waals surface area (Å²) < 4.78 is 6.91. The minimum atomic E-state index is 0.659. The highest BCUT2D eigenvalue weighted by Crippen LogP contribution is 2.37. The molecule has 0 saturated carbocycles. The van der Waals surface area contributed by atoms with Crippen LogP contribution in [0.25, 0.3) is 32.4 Å².